The number of rotatable bonds is 2. The van der Waals surface area contributed by atoms with Crippen LogP contribution in [-0.4, -0.2) is 11.1 Å². The Balaban J connectivity index is 1.88. The van der Waals surface area contributed by atoms with Crippen LogP contribution in [0.3, 0.4) is 0 Å². The fourth-order valence-corrected chi connectivity index (χ4v) is 4.08. The molecule has 0 aromatic carbocycles. The summed E-state index contributed by atoms with van der Waals surface area (Å²) < 4.78 is 6.22. The van der Waals surface area contributed by atoms with Crippen molar-refractivity contribution in [3.63, 3.8) is 0 Å². The molecule has 3 heteroatoms. The number of nitrogens with two attached hydrogens (primary N) is 1. The summed E-state index contributed by atoms with van der Waals surface area (Å²) in [6.45, 7) is 9.12. The minimum atomic E-state index is 0.246. The molecule has 0 aliphatic heterocycles. The van der Waals surface area contributed by atoms with Gasteiger partial charge in [-0.1, -0.05) is 20.8 Å². The van der Waals surface area contributed by atoms with E-state index in [2.05, 4.69) is 25.8 Å². The number of anilines is 1. The Morgan fingerprint density at radius 3 is 2.63 bits per heavy atom. The van der Waals surface area contributed by atoms with E-state index in [1.165, 1.54) is 12.8 Å². The van der Waals surface area contributed by atoms with Crippen molar-refractivity contribution in [1.29, 1.82) is 0 Å². The van der Waals surface area contributed by atoms with E-state index in [0.29, 0.717) is 17.0 Å². The summed E-state index contributed by atoms with van der Waals surface area (Å²) in [5.74, 6) is 1.39. The Hall–Kier alpha value is -1.25. The molecule has 104 valence electrons. The predicted molar refractivity (Wildman–Crippen MR) is 77.0 cm³/mol. The third kappa shape index (κ3) is 1.67. The number of hydrogen-bond acceptors (Lipinski definition) is 3. The van der Waals surface area contributed by atoms with Gasteiger partial charge in [0.25, 0.3) is 0 Å². The number of nitrogens with zero attached hydrogens (tertiary/aromatic N) is 1. The van der Waals surface area contributed by atoms with Crippen LogP contribution < -0.4 is 10.5 Å². The van der Waals surface area contributed by atoms with E-state index < -0.39 is 0 Å². The first-order valence-corrected chi connectivity index (χ1v) is 7.24. The monoisotopic (exact) mass is 260 g/mol. The molecule has 2 N–H and O–H groups in total. The molecule has 1 aromatic rings. The Bertz CT molecular complexity index is 511. The summed E-state index contributed by atoms with van der Waals surface area (Å²) in [4.78, 5) is 4.45. The Labute approximate surface area is 115 Å². The normalized spacial score (nSPS) is 35.6. The SMILES string of the molecule is Cc1ccc(N)c(OC2CC3CCC2(C)C3(C)C)n1. The lowest BCUT2D eigenvalue weighted by Gasteiger charge is -2.38. The van der Waals surface area contributed by atoms with Crippen molar-refractivity contribution in [2.45, 2.75) is 53.1 Å². The van der Waals surface area contributed by atoms with Crippen molar-refractivity contribution in [3.8, 4) is 5.88 Å². The van der Waals surface area contributed by atoms with E-state index in [0.717, 1.165) is 18.0 Å². The molecule has 3 nitrogen and oxygen atoms in total. The molecule has 1 aromatic heterocycles. The summed E-state index contributed by atoms with van der Waals surface area (Å²) >= 11 is 0. The lowest BCUT2D eigenvalue weighted by Crippen LogP contribution is -2.39. The molecule has 19 heavy (non-hydrogen) atoms. The van der Waals surface area contributed by atoms with Crippen molar-refractivity contribution in [2.75, 3.05) is 5.73 Å². The van der Waals surface area contributed by atoms with Gasteiger partial charge in [0.2, 0.25) is 5.88 Å². The molecule has 3 unspecified atom stereocenters. The van der Waals surface area contributed by atoms with Gasteiger partial charge in [0.1, 0.15) is 6.10 Å². The molecule has 3 atom stereocenters. The van der Waals surface area contributed by atoms with Crippen LogP contribution in [0.1, 0.15) is 45.7 Å². The van der Waals surface area contributed by atoms with Crippen LogP contribution >= 0.6 is 0 Å². The smallest absolute Gasteiger partial charge is 0.237 e. The molecule has 2 saturated carbocycles. The van der Waals surface area contributed by atoms with E-state index in [-0.39, 0.29) is 11.5 Å². The lowest BCUT2D eigenvalue weighted by molar-refractivity contribution is 0.0277. The first-order chi connectivity index (χ1) is 8.84. The highest BCUT2D eigenvalue weighted by Gasteiger charge is 2.62. The summed E-state index contributed by atoms with van der Waals surface area (Å²) in [7, 11) is 0. The highest BCUT2D eigenvalue weighted by molar-refractivity contribution is 5.48. The molecule has 3 rings (SSSR count). The number of ether oxygens (including phenoxy) is 1. The van der Waals surface area contributed by atoms with Crippen LogP contribution in [-0.2, 0) is 0 Å². The summed E-state index contributed by atoms with van der Waals surface area (Å²) in [5.41, 5.74) is 8.20. The van der Waals surface area contributed by atoms with Crippen molar-refractivity contribution in [3.05, 3.63) is 17.8 Å². The van der Waals surface area contributed by atoms with Crippen molar-refractivity contribution >= 4 is 5.69 Å². The third-order valence-corrected chi connectivity index (χ3v) is 6.00. The number of nitrogen functional groups attached to an aromatic ring is 1. The van der Waals surface area contributed by atoms with Gasteiger partial charge in [-0.2, -0.15) is 0 Å². The van der Waals surface area contributed by atoms with Crippen molar-refractivity contribution in [2.24, 2.45) is 16.7 Å². The lowest BCUT2D eigenvalue weighted by atomic mass is 9.70. The standard InChI is InChI=1S/C16H24N2O/c1-10-5-6-12(17)14(18-10)19-13-9-11-7-8-16(13,4)15(11,2)3/h5-6,11,13H,7-9,17H2,1-4H3. The molecule has 0 amide bonds. The molecule has 2 bridgehead atoms. The maximum Gasteiger partial charge on any atom is 0.237 e. The fourth-order valence-electron chi connectivity index (χ4n) is 4.08. The van der Waals surface area contributed by atoms with E-state index in [4.69, 9.17) is 10.5 Å². The highest BCUT2D eigenvalue weighted by atomic mass is 16.5. The molecular weight excluding hydrogens is 236 g/mol. The van der Waals surface area contributed by atoms with E-state index in [1.807, 2.05) is 19.1 Å². The molecule has 0 radical (unpaired) electrons. The first kappa shape index (κ1) is 12.8. The number of aromatic nitrogens is 1. The van der Waals surface area contributed by atoms with Gasteiger partial charge in [-0.05, 0) is 49.7 Å². The first-order valence-electron chi connectivity index (χ1n) is 7.24. The van der Waals surface area contributed by atoms with Crippen LogP contribution in [0.25, 0.3) is 0 Å². The molecule has 1 heterocycles. The van der Waals surface area contributed by atoms with Crippen LogP contribution in [0.15, 0.2) is 12.1 Å². The van der Waals surface area contributed by atoms with Crippen LogP contribution in [0.4, 0.5) is 5.69 Å². The van der Waals surface area contributed by atoms with Crippen LogP contribution in [0.2, 0.25) is 0 Å². The molecule has 2 aliphatic rings. The van der Waals surface area contributed by atoms with Gasteiger partial charge in [-0.15, -0.1) is 0 Å². The zero-order valence-corrected chi connectivity index (χ0v) is 12.4. The van der Waals surface area contributed by atoms with Gasteiger partial charge in [-0.3, -0.25) is 0 Å². The predicted octanol–water partition coefficient (Wildman–Crippen LogP) is 3.57. The Kier molecular flexibility index (Phi) is 2.60. The number of fused-ring (bicyclic) bond motifs is 2. The topological polar surface area (TPSA) is 48.1 Å². The van der Waals surface area contributed by atoms with Gasteiger partial charge >= 0.3 is 0 Å². The second-order valence-corrected chi connectivity index (χ2v) is 7.06. The second kappa shape index (κ2) is 3.87. The van der Waals surface area contributed by atoms with E-state index >= 15 is 0 Å². The van der Waals surface area contributed by atoms with Gasteiger partial charge in [0.05, 0.1) is 5.69 Å². The maximum absolute atomic E-state index is 6.22. The molecule has 0 saturated heterocycles. The molecule has 2 fully saturated rings. The minimum Gasteiger partial charge on any atom is -0.472 e. The maximum atomic E-state index is 6.22. The number of hydrogen-bond donors (Lipinski definition) is 1. The van der Waals surface area contributed by atoms with E-state index in [1.54, 1.807) is 0 Å². The van der Waals surface area contributed by atoms with Gasteiger partial charge in [0, 0.05) is 11.1 Å². The third-order valence-electron chi connectivity index (χ3n) is 6.00. The van der Waals surface area contributed by atoms with Crippen molar-refractivity contribution in [1.82, 2.24) is 4.98 Å². The van der Waals surface area contributed by atoms with E-state index in [9.17, 15) is 0 Å². The second-order valence-electron chi connectivity index (χ2n) is 7.06. The fraction of sp³-hybridized carbons (Fsp3) is 0.688. The van der Waals surface area contributed by atoms with Gasteiger partial charge in [0.15, 0.2) is 0 Å². The Morgan fingerprint density at radius 2 is 2.05 bits per heavy atom. The highest BCUT2D eigenvalue weighted by Crippen LogP contribution is 2.66. The number of aryl methyl sites for hydroxylation is 1. The zero-order chi connectivity index (χ0) is 13.8. The van der Waals surface area contributed by atoms with Gasteiger partial charge < -0.3 is 10.5 Å². The summed E-state index contributed by atoms with van der Waals surface area (Å²) in [5, 5.41) is 0. The zero-order valence-electron chi connectivity index (χ0n) is 12.4. The average molecular weight is 260 g/mol. The van der Waals surface area contributed by atoms with Crippen LogP contribution in [0.5, 0.6) is 5.88 Å². The minimum absolute atomic E-state index is 0.246. The van der Waals surface area contributed by atoms with Crippen molar-refractivity contribution < 1.29 is 4.74 Å². The largest absolute Gasteiger partial charge is 0.472 e. The van der Waals surface area contributed by atoms with Crippen LogP contribution in [0, 0.1) is 23.7 Å². The molecule has 2 aliphatic carbocycles. The molecule has 0 spiro atoms. The number of pyridine rings is 1. The molecular formula is C16H24N2O. The summed E-state index contributed by atoms with van der Waals surface area (Å²) in [6.07, 6.45) is 3.97. The average Bonchev–Trinajstić information content (AvgIpc) is 2.67. The quantitative estimate of drug-likeness (QED) is 0.884. The van der Waals surface area contributed by atoms with Gasteiger partial charge in [-0.25, -0.2) is 4.98 Å². The Morgan fingerprint density at radius 1 is 1.32 bits per heavy atom. The summed E-state index contributed by atoms with van der Waals surface area (Å²) in [6, 6.07) is 3.81.